The number of aromatic carboxylic acids is 1. The van der Waals surface area contributed by atoms with Gasteiger partial charge in [0.2, 0.25) is 0 Å². The van der Waals surface area contributed by atoms with Crippen LogP contribution < -0.4 is 0 Å². The summed E-state index contributed by atoms with van der Waals surface area (Å²) in [6.45, 7) is 4.49. The number of fused-ring (bicyclic) bond motifs is 1. The summed E-state index contributed by atoms with van der Waals surface area (Å²) in [6.07, 6.45) is 43.5. The van der Waals surface area contributed by atoms with Crippen LogP contribution >= 0.6 is 0 Å². The van der Waals surface area contributed by atoms with Crippen LogP contribution in [0.2, 0.25) is 0 Å². The summed E-state index contributed by atoms with van der Waals surface area (Å²) in [7, 11) is 0. The summed E-state index contributed by atoms with van der Waals surface area (Å²) < 4.78 is 4.30. The standard InChI is InChI=1S/2C18H33O2.C9H4O5.Cu/c2*1-2-3-4-5-6-7-8-9-10-11-12-13-14-15-16-17-18(19)20;10-7(11)4-1-2-5-6(3-4)9(13)14-8(5)12;/h2*6,9-10H,2-5,7-8,11-17H2,1H3,(H,19,20);1-3H,(H,10,11);/q2*-1;;+2/b2*10-9-;;. The predicted octanol–water partition coefficient (Wildman–Crippen LogP) is 12.5. The Balaban J connectivity index is 0. The summed E-state index contributed by atoms with van der Waals surface area (Å²) >= 11 is 0. The van der Waals surface area contributed by atoms with Crippen molar-refractivity contribution in [2.24, 2.45) is 0 Å². The fourth-order valence-corrected chi connectivity index (χ4v) is 5.62. The van der Waals surface area contributed by atoms with Crippen molar-refractivity contribution in [1.82, 2.24) is 0 Å². The molecular weight excluding hydrogens is 748 g/mol. The van der Waals surface area contributed by atoms with Gasteiger partial charge in [0, 0.05) is 12.8 Å². The molecule has 0 amide bonds. The number of rotatable bonds is 31. The van der Waals surface area contributed by atoms with Crippen LogP contribution in [0.25, 0.3) is 0 Å². The van der Waals surface area contributed by atoms with Gasteiger partial charge in [-0.05, 0) is 56.7 Å². The minimum Gasteiger partial charge on any atom is -0.481 e. The zero-order valence-electron chi connectivity index (χ0n) is 33.7. The van der Waals surface area contributed by atoms with Gasteiger partial charge in [-0.2, -0.15) is 25.7 Å². The molecule has 1 aliphatic heterocycles. The SMILES string of the molecule is CCCCC[CH-]CC/C=C\CCCCCCCC(=O)O.CCCCC[CH-]CC/C=C\CCCCCCCC(=O)O.O=C(O)c1ccc2c(c1)C(=O)OC2=O.[Cu+2]. The molecule has 0 atom stereocenters. The van der Waals surface area contributed by atoms with E-state index in [4.69, 9.17) is 15.3 Å². The number of ether oxygens (including phenoxy) is 1. The molecule has 1 radical (unpaired) electrons. The molecule has 0 saturated heterocycles. The third kappa shape index (κ3) is 33.8. The molecule has 0 spiro atoms. The summed E-state index contributed by atoms with van der Waals surface area (Å²) in [5.74, 6) is -4.02. The number of esters is 2. The maximum absolute atomic E-state index is 11.0. The van der Waals surface area contributed by atoms with Crippen molar-refractivity contribution >= 4 is 29.8 Å². The van der Waals surface area contributed by atoms with Gasteiger partial charge in [-0.25, -0.2) is 14.4 Å². The van der Waals surface area contributed by atoms with Gasteiger partial charge in [-0.1, -0.05) is 128 Å². The fourth-order valence-electron chi connectivity index (χ4n) is 5.62. The Bertz CT molecular complexity index is 1170. The van der Waals surface area contributed by atoms with Crippen molar-refractivity contribution in [3.8, 4) is 0 Å². The molecule has 9 nitrogen and oxygen atoms in total. The van der Waals surface area contributed by atoms with E-state index in [9.17, 15) is 24.0 Å². The number of unbranched alkanes of at least 4 members (excludes halogenated alkanes) is 22. The average Bonchev–Trinajstić information content (AvgIpc) is 3.43. The van der Waals surface area contributed by atoms with E-state index in [0.717, 1.165) is 31.7 Å². The predicted molar refractivity (Wildman–Crippen MR) is 217 cm³/mol. The van der Waals surface area contributed by atoms with E-state index in [-0.39, 0.29) is 33.8 Å². The van der Waals surface area contributed by atoms with E-state index < -0.39 is 29.8 Å². The Morgan fingerprint density at radius 3 is 1.40 bits per heavy atom. The maximum Gasteiger partial charge on any atom is 2.00 e. The zero-order chi connectivity index (χ0) is 40.1. The largest absolute Gasteiger partial charge is 2.00 e. The molecule has 1 aromatic rings. The first-order valence-corrected chi connectivity index (χ1v) is 20.6. The van der Waals surface area contributed by atoms with Crippen LogP contribution in [-0.4, -0.2) is 45.2 Å². The van der Waals surface area contributed by atoms with Gasteiger partial charge in [0.15, 0.2) is 0 Å². The van der Waals surface area contributed by atoms with E-state index in [1.807, 2.05) is 0 Å². The monoisotopic (exact) mass is 817 g/mol. The molecule has 1 aromatic carbocycles. The van der Waals surface area contributed by atoms with Crippen LogP contribution in [0.4, 0.5) is 0 Å². The summed E-state index contributed by atoms with van der Waals surface area (Å²) in [5.41, 5.74) is 0.0744. The molecule has 315 valence electrons. The van der Waals surface area contributed by atoms with Gasteiger partial charge in [0.05, 0.1) is 16.7 Å². The van der Waals surface area contributed by atoms with Crippen molar-refractivity contribution < 1.29 is 61.1 Å². The van der Waals surface area contributed by atoms with E-state index in [1.165, 1.54) is 141 Å². The second-order valence-corrected chi connectivity index (χ2v) is 13.8. The quantitative estimate of drug-likeness (QED) is 0.0166. The molecule has 0 unspecified atom stereocenters. The van der Waals surface area contributed by atoms with Crippen molar-refractivity contribution in [3.63, 3.8) is 0 Å². The number of carbonyl (C=O) groups excluding carboxylic acids is 2. The molecule has 1 heterocycles. The van der Waals surface area contributed by atoms with Crippen molar-refractivity contribution in [3.05, 3.63) is 72.0 Å². The number of hydrogen-bond acceptors (Lipinski definition) is 6. The van der Waals surface area contributed by atoms with Gasteiger partial charge in [-0.15, -0.1) is 0 Å². The first-order chi connectivity index (χ1) is 26.1. The van der Waals surface area contributed by atoms with Crippen molar-refractivity contribution in [2.45, 2.75) is 181 Å². The van der Waals surface area contributed by atoms with Crippen LogP contribution in [0.3, 0.4) is 0 Å². The number of carboxylic acids is 3. The molecule has 0 saturated carbocycles. The van der Waals surface area contributed by atoms with Crippen LogP contribution in [0.1, 0.15) is 212 Å². The molecule has 0 bridgehead atoms. The number of benzene rings is 1. The molecule has 1 aliphatic rings. The molecular formula is C45H70CuO9. The number of allylic oxidation sites excluding steroid dienone is 4. The van der Waals surface area contributed by atoms with Crippen LogP contribution in [0.5, 0.6) is 0 Å². The molecule has 2 rings (SSSR count). The number of cyclic esters (lactones) is 2. The van der Waals surface area contributed by atoms with Gasteiger partial charge in [-0.3, -0.25) is 9.59 Å². The molecule has 0 aromatic heterocycles. The van der Waals surface area contributed by atoms with E-state index in [0.29, 0.717) is 12.8 Å². The Hall–Kier alpha value is -3.23. The van der Waals surface area contributed by atoms with Crippen molar-refractivity contribution in [1.29, 1.82) is 0 Å². The number of carboxylic acid groups (broad SMARTS) is 3. The minimum atomic E-state index is -1.15. The van der Waals surface area contributed by atoms with E-state index in [2.05, 4.69) is 55.7 Å². The second kappa shape index (κ2) is 39.0. The van der Waals surface area contributed by atoms with Crippen LogP contribution in [0, 0.1) is 12.8 Å². The number of carbonyl (C=O) groups is 5. The molecule has 0 fully saturated rings. The smallest absolute Gasteiger partial charge is 0.481 e. The summed E-state index contributed by atoms with van der Waals surface area (Å²) in [4.78, 5) is 53.2. The van der Waals surface area contributed by atoms with Crippen LogP contribution in [0.15, 0.2) is 42.5 Å². The fraction of sp³-hybridized carbons (Fsp3) is 0.622. The third-order valence-corrected chi connectivity index (χ3v) is 8.85. The second-order valence-electron chi connectivity index (χ2n) is 13.8. The molecule has 55 heavy (non-hydrogen) atoms. The van der Waals surface area contributed by atoms with Gasteiger partial charge in [0.25, 0.3) is 0 Å². The van der Waals surface area contributed by atoms with Gasteiger partial charge in [0.1, 0.15) is 0 Å². The molecule has 3 N–H and O–H groups in total. The van der Waals surface area contributed by atoms with Crippen LogP contribution in [-0.2, 0) is 31.4 Å². The number of aliphatic carboxylic acids is 2. The first-order valence-electron chi connectivity index (χ1n) is 20.6. The minimum absolute atomic E-state index is 0. The first kappa shape index (κ1) is 53.9. The molecule has 0 aliphatic carbocycles. The Morgan fingerprint density at radius 2 is 0.964 bits per heavy atom. The van der Waals surface area contributed by atoms with Gasteiger partial charge >= 0.3 is 46.9 Å². The average molecular weight is 819 g/mol. The maximum atomic E-state index is 11.0. The molecule has 10 heteroatoms. The Morgan fingerprint density at radius 1 is 0.545 bits per heavy atom. The third-order valence-electron chi connectivity index (χ3n) is 8.85. The van der Waals surface area contributed by atoms with E-state index in [1.54, 1.807) is 0 Å². The Labute approximate surface area is 342 Å². The van der Waals surface area contributed by atoms with E-state index >= 15 is 0 Å². The number of hydrogen-bond donors (Lipinski definition) is 3. The van der Waals surface area contributed by atoms with Gasteiger partial charge < -0.3 is 32.9 Å². The van der Waals surface area contributed by atoms with Crippen molar-refractivity contribution in [2.75, 3.05) is 0 Å². The Kier molecular flexibility index (Phi) is 38.2. The normalized spacial score (nSPS) is 11.7. The zero-order valence-corrected chi connectivity index (χ0v) is 34.6. The topological polar surface area (TPSA) is 155 Å². The summed E-state index contributed by atoms with van der Waals surface area (Å²) in [5, 5.41) is 25.6. The summed E-state index contributed by atoms with van der Waals surface area (Å²) in [6, 6.07) is 3.65.